The van der Waals surface area contributed by atoms with Gasteiger partial charge in [-0.2, -0.15) is 0 Å². The quantitative estimate of drug-likeness (QED) is 0.798. The van der Waals surface area contributed by atoms with Gasteiger partial charge in [0.25, 0.3) is 5.91 Å². The Bertz CT molecular complexity index is 463. The number of piperidine rings is 1. The lowest BCUT2D eigenvalue weighted by molar-refractivity contribution is 0.0614. The van der Waals surface area contributed by atoms with Crippen LogP contribution in [0.25, 0.3) is 0 Å². The van der Waals surface area contributed by atoms with Gasteiger partial charge in [-0.25, -0.2) is 0 Å². The summed E-state index contributed by atoms with van der Waals surface area (Å²) < 4.78 is 0.763. The zero-order valence-corrected chi connectivity index (χ0v) is 13.2. The summed E-state index contributed by atoms with van der Waals surface area (Å²) in [5, 5.41) is 12.9. The summed E-state index contributed by atoms with van der Waals surface area (Å²) >= 11 is 2.05. The predicted octanol–water partition coefficient (Wildman–Crippen LogP) is 2.21. The minimum Gasteiger partial charge on any atom is -0.507 e. The van der Waals surface area contributed by atoms with Crippen molar-refractivity contribution in [3.05, 3.63) is 27.3 Å². The average Bonchev–Trinajstić information content (AvgIpc) is 2.42. The molecule has 2 rings (SSSR count). The third kappa shape index (κ3) is 3.39. The van der Waals surface area contributed by atoms with Crippen LogP contribution in [-0.2, 0) is 0 Å². The number of nitrogens with zero attached hydrogens (tertiary/aromatic N) is 1. The monoisotopic (exact) mass is 374 g/mol. The third-order valence-corrected chi connectivity index (χ3v) is 4.43. The zero-order chi connectivity index (χ0) is 13.8. The summed E-state index contributed by atoms with van der Waals surface area (Å²) in [6.45, 7) is 1.63. The molecular formula is C14H19IN2O2. The molecule has 1 unspecified atom stereocenters. The molecule has 1 aliphatic rings. The molecule has 4 nitrogen and oxygen atoms in total. The van der Waals surface area contributed by atoms with Gasteiger partial charge in [0.2, 0.25) is 0 Å². The number of rotatable bonds is 3. The number of carbonyl (C=O) groups is 1. The van der Waals surface area contributed by atoms with Crippen LogP contribution in [0.15, 0.2) is 18.2 Å². The third-order valence-electron chi connectivity index (χ3n) is 3.52. The predicted molar refractivity (Wildman–Crippen MR) is 83.4 cm³/mol. The highest BCUT2D eigenvalue weighted by atomic mass is 127. The Kier molecular flexibility index (Phi) is 5.04. The number of nitrogens with one attached hydrogen (secondary N) is 1. The summed E-state index contributed by atoms with van der Waals surface area (Å²) in [5.74, 6) is 0.195. The van der Waals surface area contributed by atoms with Gasteiger partial charge in [-0.3, -0.25) is 4.79 Å². The molecule has 0 aliphatic carbocycles. The first-order valence-corrected chi connectivity index (χ1v) is 7.65. The van der Waals surface area contributed by atoms with Crippen molar-refractivity contribution in [1.29, 1.82) is 0 Å². The number of halogens is 1. The number of benzene rings is 1. The molecule has 1 heterocycles. The fourth-order valence-corrected chi connectivity index (χ4v) is 2.86. The van der Waals surface area contributed by atoms with E-state index in [1.165, 1.54) is 6.42 Å². The van der Waals surface area contributed by atoms with E-state index in [-0.39, 0.29) is 17.7 Å². The van der Waals surface area contributed by atoms with Crippen LogP contribution in [0.1, 0.15) is 29.6 Å². The average molecular weight is 374 g/mol. The van der Waals surface area contributed by atoms with E-state index in [9.17, 15) is 9.90 Å². The molecule has 2 N–H and O–H groups in total. The molecule has 0 spiro atoms. The largest absolute Gasteiger partial charge is 0.507 e. The smallest absolute Gasteiger partial charge is 0.254 e. The normalized spacial score (nSPS) is 19.5. The standard InChI is InChI=1S/C14H19IN2O2/c1-16-9-11-4-2-3-7-17(11)14(19)10-5-6-12(15)13(18)8-10/h5-6,8,11,16,18H,2-4,7,9H2,1H3. The zero-order valence-electron chi connectivity index (χ0n) is 11.0. The van der Waals surface area contributed by atoms with Gasteiger partial charge in [0, 0.05) is 24.7 Å². The van der Waals surface area contributed by atoms with Crippen molar-refractivity contribution in [2.24, 2.45) is 0 Å². The molecule has 0 bridgehead atoms. The van der Waals surface area contributed by atoms with Crippen molar-refractivity contribution in [2.45, 2.75) is 25.3 Å². The van der Waals surface area contributed by atoms with Gasteiger partial charge in [-0.15, -0.1) is 0 Å². The number of phenols is 1. The number of likely N-dealkylation sites (tertiary alicyclic amines) is 1. The topological polar surface area (TPSA) is 52.6 Å². The van der Waals surface area contributed by atoms with E-state index >= 15 is 0 Å². The molecule has 1 aliphatic heterocycles. The highest BCUT2D eigenvalue weighted by molar-refractivity contribution is 14.1. The van der Waals surface area contributed by atoms with E-state index in [2.05, 4.69) is 27.9 Å². The fraction of sp³-hybridized carbons (Fsp3) is 0.500. The lowest BCUT2D eigenvalue weighted by Crippen LogP contribution is -2.48. The van der Waals surface area contributed by atoms with Crippen LogP contribution in [0.2, 0.25) is 0 Å². The van der Waals surface area contributed by atoms with Gasteiger partial charge in [-0.1, -0.05) is 0 Å². The van der Waals surface area contributed by atoms with Crippen LogP contribution in [0.3, 0.4) is 0 Å². The van der Waals surface area contributed by atoms with Crippen molar-refractivity contribution < 1.29 is 9.90 Å². The minimum absolute atomic E-state index is 0.0200. The first kappa shape index (κ1) is 14.6. The Morgan fingerprint density at radius 1 is 1.53 bits per heavy atom. The molecule has 1 aromatic carbocycles. The highest BCUT2D eigenvalue weighted by Gasteiger charge is 2.27. The Hall–Kier alpha value is -0.820. The van der Waals surface area contributed by atoms with E-state index < -0.39 is 0 Å². The van der Waals surface area contributed by atoms with E-state index in [1.807, 2.05) is 11.9 Å². The van der Waals surface area contributed by atoms with Crippen LogP contribution in [0.4, 0.5) is 0 Å². The van der Waals surface area contributed by atoms with Crippen molar-refractivity contribution in [3.8, 4) is 5.75 Å². The van der Waals surface area contributed by atoms with Gasteiger partial charge in [0.1, 0.15) is 5.75 Å². The maximum Gasteiger partial charge on any atom is 0.254 e. The minimum atomic E-state index is 0.0200. The molecule has 0 saturated carbocycles. The van der Waals surface area contributed by atoms with Crippen LogP contribution in [-0.4, -0.2) is 42.1 Å². The number of phenolic OH excluding ortho intramolecular Hbond substituents is 1. The van der Waals surface area contributed by atoms with E-state index in [0.29, 0.717) is 5.56 Å². The Morgan fingerprint density at radius 3 is 3.00 bits per heavy atom. The van der Waals surface area contributed by atoms with Crippen LogP contribution in [0.5, 0.6) is 5.75 Å². The lowest BCUT2D eigenvalue weighted by Gasteiger charge is -2.35. The van der Waals surface area contributed by atoms with Gasteiger partial charge >= 0.3 is 0 Å². The molecule has 0 aromatic heterocycles. The fourth-order valence-electron chi connectivity index (χ4n) is 2.53. The number of carbonyl (C=O) groups excluding carboxylic acids is 1. The van der Waals surface area contributed by atoms with Crippen molar-refractivity contribution in [1.82, 2.24) is 10.2 Å². The maximum absolute atomic E-state index is 12.5. The summed E-state index contributed by atoms with van der Waals surface area (Å²) in [7, 11) is 1.91. The molecule has 1 atom stereocenters. The second-order valence-corrected chi connectivity index (χ2v) is 6.03. The molecule has 5 heteroatoms. The molecule has 1 saturated heterocycles. The molecular weight excluding hydrogens is 355 g/mol. The molecule has 0 radical (unpaired) electrons. The second kappa shape index (κ2) is 6.56. The molecule has 1 aromatic rings. The van der Waals surface area contributed by atoms with E-state index in [4.69, 9.17) is 0 Å². The summed E-state index contributed by atoms with van der Waals surface area (Å²) in [5.41, 5.74) is 0.570. The molecule has 1 amide bonds. The number of aromatic hydroxyl groups is 1. The lowest BCUT2D eigenvalue weighted by atomic mass is 10.0. The van der Waals surface area contributed by atoms with Crippen molar-refractivity contribution >= 4 is 28.5 Å². The van der Waals surface area contributed by atoms with Gasteiger partial charge in [0.15, 0.2) is 0 Å². The molecule has 1 fully saturated rings. The van der Waals surface area contributed by atoms with E-state index in [1.54, 1.807) is 18.2 Å². The molecule has 19 heavy (non-hydrogen) atoms. The van der Waals surface area contributed by atoms with Gasteiger partial charge in [0.05, 0.1) is 3.57 Å². The SMILES string of the molecule is CNCC1CCCCN1C(=O)c1ccc(I)c(O)c1. The Morgan fingerprint density at radius 2 is 2.32 bits per heavy atom. The van der Waals surface area contributed by atoms with Crippen molar-refractivity contribution in [2.75, 3.05) is 20.1 Å². The summed E-state index contributed by atoms with van der Waals surface area (Å²) in [6, 6.07) is 5.39. The summed E-state index contributed by atoms with van der Waals surface area (Å²) in [4.78, 5) is 14.5. The first-order chi connectivity index (χ1) is 9.13. The highest BCUT2D eigenvalue weighted by Crippen LogP contribution is 2.24. The molecule has 104 valence electrons. The van der Waals surface area contributed by atoms with Crippen molar-refractivity contribution in [3.63, 3.8) is 0 Å². The van der Waals surface area contributed by atoms with Crippen LogP contribution in [0, 0.1) is 3.57 Å². The number of amides is 1. The first-order valence-electron chi connectivity index (χ1n) is 6.57. The summed E-state index contributed by atoms with van der Waals surface area (Å²) in [6.07, 6.45) is 3.28. The van der Waals surface area contributed by atoms with Gasteiger partial charge in [-0.05, 0) is 67.1 Å². The van der Waals surface area contributed by atoms with Crippen LogP contribution >= 0.6 is 22.6 Å². The Labute approximate surface area is 127 Å². The maximum atomic E-state index is 12.5. The van der Waals surface area contributed by atoms with Gasteiger partial charge < -0.3 is 15.3 Å². The van der Waals surface area contributed by atoms with E-state index in [0.717, 1.165) is 29.5 Å². The number of hydrogen-bond acceptors (Lipinski definition) is 3. The number of likely N-dealkylation sites (N-methyl/N-ethyl adjacent to an activating group) is 1. The Balaban J connectivity index is 2.18. The number of hydrogen-bond donors (Lipinski definition) is 2. The second-order valence-electron chi connectivity index (χ2n) is 4.87. The van der Waals surface area contributed by atoms with Crippen LogP contribution < -0.4 is 5.32 Å².